The van der Waals surface area contributed by atoms with E-state index in [1.807, 2.05) is 43.3 Å². The number of aliphatic hydroxyl groups is 1. The van der Waals surface area contributed by atoms with E-state index in [9.17, 15) is 14.7 Å². The lowest BCUT2D eigenvalue weighted by Crippen LogP contribution is -2.40. The summed E-state index contributed by atoms with van der Waals surface area (Å²) in [5.74, 6) is -0.0954. The van der Waals surface area contributed by atoms with Gasteiger partial charge in [0.1, 0.15) is 6.54 Å². The van der Waals surface area contributed by atoms with E-state index in [0.29, 0.717) is 47.6 Å². The number of carbonyl (C=O) groups is 2. The maximum atomic E-state index is 13.2. The lowest BCUT2D eigenvalue weighted by atomic mass is 10.0. The fourth-order valence-corrected chi connectivity index (χ4v) is 5.03. The number of anilines is 1. The van der Waals surface area contributed by atoms with Crippen molar-refractivity contribution in [2.75, 3.05) is 31.7 Å². The molecule has 1 atom stereocenters. The first kappa shape index (κ1) is 26.1. The van der Waals surface area contributed by atoms with Crippen molar-refractivity contribution in [2.24, 2.45) is 0 Å². The number of nitrogens with zero attached hydrogens (tertiary/aromatic N) is 3. The van der Waals surface area contributed by atoms with Crippen LogP contribution in [0.2, 0.25) is 5.02 Å². The SMILES string of the molecule is Cc1cccc(C(CO)NC(=O)CN2Cc3ccc(-c4nc(NC5CCOCC5)ncc4Cl)cc3C2=O)c1. The molecule has 0 radical (unpaired) electrons. The van der Waals surface area contributed by atoms with Crippen molar-refractivity contribution in [2.45, 2.75) is 38.4 Å². The summed E-state index contributed by atoms with van der Waals surface area (Å²) in [5.41, 5.74) is 4.42. The standard InChI is InChI=1S/C28H30ClN5O4/c1-17-3-2-4-18(11-17)24(16-35)32-25(36)15-34-14-20-6-5-19(12-22(20)27(34)37)26-23(29)13-30-28(33-26)31-21-7-9-38-10-8-21/h2-6,11-13,21,24,35H,7-10,14-16H2,1H3,(H,32,36)(H,30,31,33). The molecule has 0 spiro atoms. The average molecular weight is 536 g/mol. The number of benzene rings is 2. The molecule has 0 aliphatic carbocycles. The summed E-state index contributed by atoms with van der Waals surface area (Å²) in [6, 6.07) is 12.8. The van der Waals surface area contributed by atoms with Gasteiger partial charge in [-0.05, 0) is 37.0 Å². The lowest BCUT2D eigenvalue weighted by molar-refractivity contribution is -0.122. The topological polar surface area (TPSA) is 117 Å². The zero-order valence-electron chi connectivity index (χ0n) is 21.1. The smallest absolute Gasteiger partial charge is 0.254 e. The molecule has 10 heteroatoms. The van der Waals surface area contributed by atoms with E-state index in [-0.39, 0.29) is 31.0 Å². The van der Waals surface area contributed by atoms with Crippen LogP contribution in [0.25, 0.3) is 11.3 Å². The van der Waals surface area contributed by atoms with Crippen LogP contribution >= 0.6 is 11.6 Å². The highest BCUT2D eigenvalue weighted by molar-refractivity contribution is 6.33. The molecule has 0 saturated carbocycles. The Kier molecular flexibility index (Phi) is 7.87. The van der Waals surface area contributed by atoms with Gasteiger partial charge in [0, 0.05) is 36.9 Å². The molecule has 3 aromatic rings. The Bertz CT molecular complexity index is 1340. The molecule has 3 heterocycles. The molecule has 1 unspecified atom stereocenters. The number of aromatic nitrogens is 2. The molecule has 1 fully saturated rings. The molecule has 1 aromatic heterocycles. The van der Waals surface area contributed by atoms with Gasteiger partial charge in [-0.2, -0.15) is 0 Å². The largest absolute Gasteiger partial charge is 0.394 e. The predicted molar refractivity (Wildman–Crippen MR) is 144 cm³/mol. The number of hydrogen-bond acceptors (Lipinski definition) is 7. The number of halogens is 1. The van der Waals surface area contributed by atoms with Crippen LogP contribution in [0.3, 0.4) is 0 Å². The maximum absolute atomic E-state index is 13.2. The first-order valence-electron chi connectivity index (χ1n) is 12.7. The molecule has 2 aromatic carbocycles. The lowest BCUT2D eigenvalue weighted by Gasteiger charge is -2.23. The van der Waals surface area contributed by atoms with E-state index in [4.69, 9.17) is 16.3 Å². The summed E-state index contributed by atoms with van der Waals surface area (Å²) in [6.45, 7) is 3.32. The van der Waals surface area contributed by atoms with Crippen LogP contribution in [0.5, 0.6) is 0 Å². The monoisotopic (exact) mass is 535 g/mol. The number of aliphatic hydroxyl groups excluding tert-OH is 1. The van der Waals surface area contributed by atoms with E-state index in [2.05, 4.69) is 20.6 Å². The molecule has 1 saturated heterocycles. The first-order chi connectivity index (χ1) is 18.4. The summed E-state index contributed by atoms with van der Waals surface area (Å²) in [7, 11) is 0. The minimum atomic E-state index is -0.544. The number of rotatable bonds is 8. The summed E-state index contributed by atoms with van der Waals surface area (Å²) in [4.78, 5) is 36.4. The Morgan fingerprint density at radius 3 is 2.82 bits per heavy atom. The second kappa shape index (κ2) is 11.5. The quantitative estimate of drug-likeness (QED) is 0.404. The van der Waals surface area contributed by atoms with Crippen molar-refractivity contribution in [3.63, 3.8) is 0 Å². The number of hydrogen-bond donors (Lipinski definition) is 3. The third-order valence-corrected chi connectivity index (χ3v) is 7.13. The molecule has 5 rings (SSSR count). The van der Waals surface area contributed by atoms with Gasteiger partial charge in [0.25, 0.3) is 5.91 Å². The molecule has 3 N–H and O–H groups in total. The van der Waals surface area contributed by atoms with Gasteiger partial charge < -0.3 is 25.4 Å². The molecular formula is C28H30ClN5O4. The van der Waals surface area contributed by atoms with Crippen LogP contribution in [0.4, 0.5) is 5.95 Å². The Balaban J connectivity index is 1.28. The average Bonchev–Trinajstić information content (AvgIpc) is 3.23. The van der Waals surface area contributed by atoms with E-state index in [1.54, 1.807) is 12.3 Å². The molecule has 38 heavy (non-hydrogen) atoms. The maximum Gasteiger partial charge on any atom is 0.254 e. The highest BCUT2D eigenvalue weighted by Gasteiger charge is 2.30. The van der Waals surface area contributed by atoms with Crippen molar-refractivity contribution in [1.82, 2.24) is 20.2 Å². The van der Waals surface area contributed by atoms with Crippen LogP contribution in [0, 0.1) is 6.92 Å². The fourth-order valence-electron chi connectivity index (χ4n) is 4.83. The second-order valence-corrected chi connectivity index (χ2v) is 10.1. The van der Waals surface area contributed by atoms with Crippen molar-refractivity contribution in [1.29, 1.82) is 0 Å². The molecule has 2 amide bonds. The van der Waals surface area contributed by atoms with Gasteiger partial charge in [-0.3, -0.25) is 9.59 Å². The van der Waals surface area contributed by atoms with Gasteiger partial charge in [-0.1, -0.05) is 53.6 Å². The zero-order valence-corrected chi connectivity index (χ0v) is 21.9. The van der Waals surface area contributed by atoms with Gasteiger partial charge in [0.15, 0.2) is 0 Å². The Hall–Kier alpha value is -3.53. The summed E-state index contributed by atoms with van der Waals surface area (Å²) in [6.07, 6.45) is 3.31. The molecule has 198 valence electrons. The summed E-state index contributed by atoms with van der Waals surface area (Å²) < 4.78 is 5.41. The van der Waals surface area contributed by atoms with E-state index >= 15 is 0 Å². The van der Waals surface area contributed by atoms with Gasteiger partial charge in [0.2, 0.25) is 11.9 Å². The van der Waals surface area contributed by atoms with E-state index in [0.717, 1.165) is 29.5 Å². The number of carbonyl (C=O) groups excluding carboxylic acids is 2. The van der Waals surface area contributed by atoms with E-state index < -0.39 is 6.04 Å². The molecule has 0 bridgehead atoms. The van der Waals surface area contributed by atoms with Gasteiger partial charge in [-0.15, -0.1) is 0 Å². The molecule has 9 nitrogen and oxygen atoms in total. The summed E-state index contributed by atoms with van der Waals surface area (Å²) in [5, 5.41) is 16.4. The number of fused-ring (bicyclic) bond motifs is 1. The van der Waals surface area contributed by atoms with Crippen LogP contribution in [-0.2, 0) is 16.1 Å². The number of amides is 2. The third kappa shape index (κ3) is 5.80. The Morgan fingerprint density at radius 2 is 2.05 bits per heavy atom. The third-order valence-electron chi connectivity index (χ3n) is 6.86. The van der Waals surface area contributed by atoms with Crippen molar-refractivity contribution < 1.29 is 19.4 Å². The van der Waals surface area contributed by atoms with Gasteiger partial charge in [-0.25, -0.2) is 9.97 Å². The van der Waals surface area contributed by atoms with Crippen molar-refractivity contribution >= 4 is 29.4 Å². The van der Waals surface area contributed by atoms with Crippen LogP contribution in [0.15, 0.2) is 48.7 Å². The van der Waals surface area contributed by atoms with Crippen LogP contribution < -0.4 is 10.6 Å². The Labute approximate surface area is 226 Å². The van der Waals surface area contributed by atoms with Crippen molar-refractivity contribution in [3.05, 3.63) is 75.9 Å². The number of aryl methyl sites for hydroxylation is 1. The normalized spacial score (nSPS) is 16.3. The molecule has 2 aliphatic heterocycles. The van der Waals surface area contributed by atoms with E-state index in [1.165, 1.54) is 4.90 Å². The number of nitrogens with one attached hydrogen (secondary N) is 2. The highest BCUT2D eigenvalue weighted by atomic mass is 35.5. The highest BCUT2D eigenvalue weighted by Crippen LogP contribution is 2.31. The second-order valence-electron chi connectivity index (χ2n) is 9.67. The number of ether oxygens (including phenoxy) is 1. The fraction of sp³-hybridized carbons (Fsp3) is 0.357. The van der Waals surface area contributed by atoms with Gasteiger partial charge >= 0.3 is 0 Å². The minimum Gasteiger partial charge on any atom is -0.394 e. The molecular weight excluding hydrogens is 506 g/mol. The first-order valence-corrected chi connectivity index (χ1v) is 13.0. The van der Waals surface area contributed by atoms with Crippen molar-refractivity contribution in [3.8, 4) is 11.3 Å². The molecule has 2 aliphatic rings. The summed E-state index contributed by atoms with van der Waals surface area (Å²) >= 11 is 6.44. The minimum absolute atomic E-state index is 0.113. The predicted octanol–water partition coefficient (Wildman–Crippen LogP) is 3.50. The van der Waals surface area contributed by atoms with Crippen LogP contribution in [0.1, 0.15) is 45.9 Å². The Morgan fingerprint density at radius 1 is 1.24 bits per heavy atom. The van der Waals surface area contributed by atoms with Crippen LogP contribution in [-0.4, -0.2) is 64.2 Å². The zero-order chi connectivity index (χ0) is 26.6. The van der Waals surface area contributed by atoms with Gasteiger partial charge in [0.05, 0.1) is 29.6 Å².